The van der Waals surface area contributed by atoms with Crippen LogP contribution < -0.4 is 10.5 Å². The van der Waals surface area contributed by atoms with Gasteiger partial charge >= 0.3 is 0 Å². The zero-order valence-electron chi connectivity index (χ0n) is 17.8. The average molecular weight is 463 g/mol. The summed E-state index contributed by atoms with van der Waals surface area (Å²) in [6.45, 7) is 3.67. The van der Waals surface area contributed by atoms with Crippen molar-refractivity contribution in [3.8, 4) is 5.75 Å². The largest absolute Gasteiger partial charge is 0.494 e. The number of fused-ring (bicyclic) bond motifs is 1. The van der Waals surface area contributed by atoms with E-state index in [1.165, 1.54) is 13.4 Å². The molecule has 2 aromatic heterocycles. The molecule has 0 radical (unpaired) electrons. The van der Waals surface area contributed by atoms with Crippen molar-refractivity contribution in [2.24, 2.45) is 5.92 Å². The highest BCUT2D eigenvalue weighted by Crippen LogP contribution is 2.35. The lowest BCUT2D eigenvalue weighted by Crippen LogP contribution is -2.37. The van der Waals surface area contributed by atoms with Gasteiger partial charge in [0.15, 0.2) is 33.7 Å². The molecule has 3 aromatic rings. The summed E-state index contributed by atoms with van der Waals surface area (Å²) in [5, 5.41) is 0.455. The number of likely N-dealkylation sites (tertiary alicyclic amines) is 1. The number of ether oxygens (including phenoxy) is 1. The fraction of sp³-hybridized carbons (Fsp3) is 0.429. The van der Waals surface area contributed by atoms with Gasteiger partial charge in [-0.2, -0.15) is 0 Å². The lowest BCUT2D eigenvalue weighted by Gasteiger charge is -2.31. The number of amides is 1. The molecule has 0 atom stereocenters. The summed E-state index contributed by atoms with van der Waals surface area (Å²) < 4.78 is 35.5. The van der Waals surface area contributed by atoms with Crippen LogP contribution in [0.3, 0.4) is 0 Å². The number of carbonyl (C=O) groups is 1. The first-order valence-electron chi connectivity index (χ1n) is 10.3. The van der Waals surface area contributed by atoms with Crippen LogP contribution in [0.25, 0.3) is 11.2 Å². The molecule has 1 amide bonds. The van der Waals surface area contributed by atoms with E-state index in [4.69, 9.17) is 10.5 Å². The minimum Gasteiger partial charge on any atom is -0.494 e. The zero-order chi connectivity index (χ0) is 22.8. The minimum absolute atomic E-state index is 0.0844. The fourth-order valence-corrected chi connectivity index (χ4v) is 4.85. The molecule has 2 N–H and O–H groups in total. The molecule has 1 fully saturated rings. The summed E-state index contributed by atoms with van der Waals surface area (Å²) >= 11 is 1.00. The van der Waals surface area contributed by atoms with Crippen LogP contribution in [0.15, 0.2) is 28.5 Å². The first-order valence-corrected chi connectivity index (χ1v) is 11.1. The molecule has 1 aromatic carbocycles. The summed E-state index contributed by atoms with van der Waals surface area (Å²) in [4.78, 5) is 26.3. The van der Waals surface area contributed by atoms with Gasteiger partial charge < -0.3 is 19.9 Å². The van der Waals surface area contributed by atoms with Gasteiger partial charge in [0.05, 0.1) is 12.0 Å². The topological polar surface area (TPSA) is 99.2 Å². The van der Waals surface area contributed by atoms with Gasteiger partial charge in [-0.05, 0) is 43.0 Å². The molecule has 0 spiro atoms. The Morgan fingerprint density at radius 3 is 2.69 bits per heavy atom. The van der Waals surface area contributed by atoms with Gasteiger partial charge in [0.2, 0.25) is 5.91 Å². The highest BCUT2D eigenvalue weighted by atomic mass is 32.2. The molecular weight excluding hydrogens is 438 g/mol. The number of aromatic nitrogens is 4. The van der Waals surface area contributed by atoms with E-state index in [1.54, 1.807) is 6.92 Å². The van der Waals surface area contributed by atoms with Gasteiger partial charge in [-0.15, -0.1) is 0 Å². The molecule has 4 rings (SSSR count). The van der Waals surface area contributed by atoms with Gasteiger partial charge in [-0.3, -0.25) is 4.79 Å². The Balaban J connectivity index is 1.59. The molecule has 0 aliphatic carbocycles. The molecule has 1 saturated heterocycles. The number of nitrogens with two attached hydrogens (primary N) is 1. The monoisotopic (exact) mass is 462 g/mol. The number of nitrogen functional groups attached to an aromatic ring is 1. The smallest absolute Gasteiger partial charge is 0.219 e. The van der Waals surface area contributed by atoms with Gasteiger partial charge in [-0.25, -0.2) is 23.7 Å². The van der Waals surface area contributed by atoms with Gasteiger partial charge in [0, 0.05) is 32.6 Å². The lowest BCUT2D eigenvalue weighted by atomic mass is 9.93. The number of piperidine rings is 1. The third kappa shape index (κ3) is 4.47. The number of methoxy groups -OCH3 is 1. The summed E-state index contributed by atoms with van der Waals surface area (Å²) in [6.07, 6.45) is 4.05. The Bertz CT molecular complexity index is 1150. The summed E-state index contributed by atoms with van der Waals surface area (Å²) in [7, 11) is 1.28. The van der Waals surface area contributed by atoms with Crippen molar-refractivity contribution >= 4 is 34.7 Å². The van der Waals surface area contributed by atoms with Crippen LogP contribution in [0.1, 0.15) is 26.2 Å². The van der Waals surface area contributed by atoms with Crippen molar-refractivity contribution in [2.75, 3.05) is 25.9 Å². The number of carbonyl (C=O) groups excluding carboxylic acids is 1. The predicted octanol–water partition coefficient (Wildman–Crippen LogP) is 3.50. The van der Waals surface area contributed by atoms with Crippen LogP contribution >= 0.6 is 11.8 Å². The predicted molar refractivity (Wildman–Crippen MR) is 116 cm³/mol. The van der Waals surface area contributed by atoms with E-state index in [-0.39, 0.29) is 22.4 Å². The Kier molecular flexibility index (Phi) is 6.45. The summed E-state index contributed by atoms with van der Waals surface area (Å²) in [5.41, 5.74) is 6.96. The molecule has 1 aliphatic heterocycles. The average Bonchev–Trinajstić information content (AvgIpc) is 3.13. The maximum atomic E-state index is 14.6. The van der Waals surface area contributed by atoms with Crippen molar-refractivity contribution < 1.29 is 18.3 Å². The van der Waals surface area contributed by atoms with Crippen LogP contribution in [0, 0.1) is 17.6 Å². The first kappa shape index (κ1) is 22.3. The highest BCUT2D eigenvalue weighted by molar-refractivity contribution is 7.99. The van der Waals surface area contributed by atoms with E-state index >= 15 is 0 Å². The third-order valence-corrected chi connectivity index (χ3v) is 6.78. The van der Waals surface area contributed by atoms with Crippen LogP contribution in [-0.2, 0) is 11.3 Å². The molecule has 3 heterocycles. The SMILES string of the molecule is COc1cc(F)c(Sc2nc3c(N)ncnc3n2CCC2CCN(C(C)=O)CC2)cc1F. The van der Waals surface area contributed by atoms with Crippen molar-refractivity contribution in [1.82, 2.24) is 24.4 Å². The Labute approximate surface area is 188 Å². The lowest BCUT2D eigenvalue weighted by molar-refractivity contribution is -0.130. The summed E-state index contributed by atoms with van der Waals surface area (Å²) in [6, 6.07) is 2.11. The first-order chi connectivity index (χ1) is 15.4. The number of hydrogen-bond acceptors (Lipinski definition) is 7. The molecule has 0 bridgehead atoms. The molecular formula is C21H24F2N6O2S. The van der Waals surface area contributed by atoms with E-state index in [1.807, 2.05) is 9.47 Å². The minimum atomic E-state index is -0.657. The maximum absolute atomic E-state index is 14.6. The quantitative estimate of drug-likeness (QED) is 0.599. The van der Waals surface area contributed by atoms with Gasteiger partial charge in [0.25, 0.3) is 0 Å². The molecule has 11 heteroatoms. The third-order valence-electron chi connectivity index (χ3n) is 5.75. The molecule has 0 unspecified atom stereocenters. The van der Waals surface area contributed by atoms with E-state index in [2.05, 4.69) is 15.0 Å². The number of benzene rings is 1. The molecule has 1 aliphatic rings. The van der Waals surface area contributed by atoms with E-state index in [0.717, 1.165) is 56.2 Å². The maximum Gasteiger partial charge on any atom is 0.219 e. The Morgan fingerprint density at radius 1 is 1.25 bits per heavy atom. The van der Waals surface area contributed by atoms with E-state index in [0.29, 0.717) is 28.8 Å². The second-order valence-electron chi connectivity index (χ2n) is 7.73. The number of aryl methyl sites for hydroxylation is 1. The fourth-order valence-electron chi connectivity index (χ4n) is 3.90. The van der Waals surface area contributed by atoms with E-state index < -0.39 is 11.6 Å². The Hall–Kier alpha value is -2.95. The molecule has 170 valence electrons. The van der Waals surface area contributed by atoms with Crippen LogP contribution in [-0.4, -0.2) is 50.5 Å². The number of rotatable bonds is 6. The number of halogens is 2. The Morgan fingerprint density at radius 2 is 2.00 bits per heavy atom. The number of hydrogen-bond donors (Lipinski definition) is 1. The van der Waals surface area contributed by atoms with Crippen LogP contribution in [0.4, 0.5) is 14.6 Å². The van der Waals surface area contributed by atoms with E-state index in [9.17, 15) is 13.6 Å². The number of nitrogens with zero attached hydrogens (tertiary/aromatic N) is 5. The van der Waals surface area contributed by atoms with Crippen molar-refractivity contribution in [1.29, 1.82) is 0 Å². The number of anilines is 1. The van der Waals surface area contributed by atoms with Crippen LogP contribution in [0.5, 0.6) is 5.75 Å². The molecule has 8 nitrogen and oxygen atoms in total. The van der Waals surface area contributed by atoms with Crippen molar-refractivity contribution in [2.45, 2.75) is 42.8 Å². The standard InChI is InChI=1S/C21H24F2N6O2S/c1-12(30)28-6-3-13(4-7-28)5-8-29-20-18(19(24)25-11-26-20)27-21(29)32-17-10-14(22)16(31-2)9-15(17)23/h9-11,13H,3-8H2,1-2H3,(H2,24,25,26). The summed E-state index contributed by atoms with van der Waals surface area (Å²) in [5.74, 6) is -0.656. The molecule has 32 heavy (non-hydrogen) atoms. The zero-order valence-corrected chi connectivity index (χ0v) is 18.7. The normalized spacial score (nSPS) is 14.8. The molecule has 0 saturated carbocycles. The van der Waals surface area contributed by atoms with Gasteiger partial charge in [0.1, 0.15) is 12.1 Å². The van der Waals surface area contributed by atoms with Crippen LogP contribution in [0.2, 0.25) is 0 Å². The second kappa shape index (κ2) is 9.27. The second-order valence-corrected chi connectivity index (χ2v) is 8.74. The highest BCUT2D eigenvalue weighted by Gasteiger charge is 2.23. The van der Waals surface area contributed by atoms with Crippen molar-refractivity contribution in [3.05, 3.63) is 30.1 Å². The number of imidazole rings is 1. The van der Waals surface area contributed by atoms with Crippen molar-refractivity contribution in [3.63, 3.8) is 0 Å². The van der Waals surface area contributed by atoms with Gasteiger partial charge in [-0.1, -0.05) is 0 Å².